The zero-order chi connectivity index (χ0) is 16.2. The van der Waals surface area contributed by atoms with Crippen LogP contribution in [0.1, 0.15) is 25.7 Å². The second kappa shape index (κ2) is 7.38. The molecule has 0 spiro atoms. The molecule has 1 heterocycles. The lowest BCUT2D eigenvalue weighted by Crippen LogP contribution is -2.30. The highest BCUT2D eigenvalue weighted by molar-refractivity contribution is 7.99. The van der Waals surface area contributed by atoms with Gasteiger partial charge in [0.2, 0.25) is 5.95 Å². The Morgan fingerprint density at radius 3 is 2.78 bits per heavy atom. The predicted octanol–water partition coefficient (Wildman–Crippen LogP) is 3.58. The minimum absolute atomic E-state index is 0.206. The van der Waals surface area contributed by atoms with Crippen molar-refractivity contribution < 1.29 is 5.11 Å². The first-order valence-corrected chi connectivity index (χ1v) is 8.80. The number of halogens is 1. The average Bonchev–Trinajstić information content (AvgIpc) is 2.52. The number of nitrogens with two attached hydrogens (primary N) is 1. The number of hydrogen-bond donors (Lipinski definition) is 3. The standard InChI is InChI=1S/C16H19ClN4OS/c17-10-4-6-13(7-5-10)23-14-9-19-16(18)21-15(14)20-11-2-1-3-12(22)8-11/h4-7,9,11-12,22H,1-3,8H2,(H3,18,19,20,21)/t11-,12-/m0/s1. The van der Waals surface area contributed by atoms with Gasteiger partial charge in [0.15, 0.2) is 0 Å². The van der Waals surface area contributed by atoms with E-state index < -0.39 is 0 Å². The van der Waals surface area contributed by atoms with Crippen LogP contribution in [-0.4, -0.2) is 27.2 Å². The van der Waals surface area contributed by atoms with E-state index in [9.17, 15) is 5.11 Å². The Kier molecular flexibility index (Phi) is 5.25. The third kappa shape index (κ3) is 4.50. The molecule has 1 aromatic heterocycles. The van der Waals surface area contributed by atoms with E-state index in [2.05, 4.69) is 15.3 Å². The molecule has 4 N–H and O–H groups in total. The fraction of sp³-hybridized carbons (Fsp3) is 0.375. The van der Waals surface area contributed by atoms with E-state index in [0.29, 0.717) is 5.02 Å². The Morgan fingerprint density at radius 2 is 2.04 bits per heavy atom. The molecule has 2 atom stereocenters. The lowest BCUT2D eigenvalue weighted by atomic mass is 9.93. The zero-order valence-electron chi connectivity index (χ0n) is 12.6. The Morgan fingerprint density at radius 1 is 1.26 bits per heavy atom. The highest BCUT2D eigenvalue weighted by Gasteiger charge is 2.21. The summed E-state index contributed by atoms with van der Waals surface area (Å²) in [5.41, 5.74) is 5.73. The smallest absolute Gasteiger partial charge is 0.221 e. The van der Waals surface area contributed by atoms with E-state index in [1.807, 2.05) is 24.3 Å². The molecule has 0 unspecified atom stereocenters. The van der Waals surface area contributed by atoms with Crippen molar-refractivity contribution >= 4 is 35.1 Å². The van der Waals surface area contributed by atoms with Crippen LogP contribution >= 0.6 is 23.4 Å². The largest absolute Gasteiger partial charge is 0.393 e. The number of anilines is 2. The molecule has 0 aliphatic heterocycles. The van der Waals surface area contributed by atoms with Gasteiger partial charge in [0.25, 0.3) is 0 Å². The number of aliphatic hydroxyl groups excluding tert-OH is 1. The number of aromatic nitrogens is 2. The van der Waals surface area contributed by atoms with E-state index in [1.165, 1.54) is 0 Å². The summed E-state index contributed by atoms with van der Waals surface area (Å²) in [7, 11) is 0. The van der Waals surface area contributed by atoms with E-state index in [4.69, 9.17) is 17.3 Å². The van der Waals surface area contributed by atoms with E-state index in [1.54, 1.807) is 18.0 Å². The molecule has 122 valence electrons. The number of nitrogens with one attached hydrogen (secondary N) is 1. The minimum Gasteiger partial charge on any atom is -0.393 e. The molecule has 1 aliphatic carbocycles. The lowest BCUT2D eigenvalue weighted by molar-refractivity contribution is 0.124. The Balaban J connectivity index is 1.78. The molecule has 23 heavy (non-hydrogen) atoms. The number of nitrogens with zero attached hydrogens (tertiary/aromatic N) is 2. The molecule has 0 amide bonds. The third-order valence-electron chi connectivity index (χ3n) is 3.80. The van der Waals surface area contributed by atoms with Gasteiger partial charge in [0.1, 0.15) is 5.82 Å². The van der Waals surface area contributed by atoms with Crippen LogP contribution in [0.4, 0.5) is 11.8 Å². The first-order chi connectivity index (χ1) is 11.1. The molecular formula is C16H19ClN4OS. The fourth-order valence-electron chi connectivity index (χ4n) is 2.68. The summed E-state index contributed by atoms with van der Waals surface area (Å²) in [6.07, 6.45) is 5.12. The minimum atomic E-state index is -0.243. The molecular weight excluding hydrogens is 332 g/mol. The summed E-state index contributed by atoms with van der Waals surface area (Å²) in [5.74, 6) is 0.959. The summed E-state index contributed by atoms with van der Waals surface area (Å²) in [6, 6.07) is 7.83. The Hall–Kier alpha value is -1.50. The number of benzene rings is 1. The van der Waals surface area contributed by atoms with E-state index in [-0.39, 0.29) is 18.1 Å². The molecule has 1 fully saturated rings. The third-order valence-corrected chi connectivity index (χ3v) is 5.08. The van der Waals surface area contributed by atoms with Crippen LogP contribution in [0.3, 0.4) is 0 Å². The molecule has 5 nitrogen and oxygen atoms in total. The van der Waals surface area contributed by atoms with Crippen LogP contribution in [0, 0.1) is 0 Å². The van der Waals surface area contributed by atoms with Crippen LogP contribution < -0.4 is 11.1 Å². The van der Waals surface area contributed by atoms with Crippen molar-refractivity contribution in [3.8, 4) is 0 Å². The quantitative estimate of drug-likeness (QED) is 0.781. The van der Waals surface area contributed by atoms with Gasteiger partial charge in [0.05, 0.1) is 11.0 Å². The normalized spacial score (nSPS) is 21.1. The van der Waals surface area contributed by atoms with Crippen LogP contribution in [0.2, 0.25) is 5.02 Å². The SMILES string of the molecule is Nc1ncc(Sc2ccc(Cl)cc2)c(N[C@H]2CCC[C@H](O)C2)n1. The molecule has 3 rings (SSSR count). The second-order valence-electron chi connectivity index (χ2n) is 5.66. The van der Waals surface area contributed by atoms with Crippen molar-refractivity contribution in [2.24, 2.45) is 0 Å². The first-order valence-electron chi connectivity index (χ1n) is 7.60. The van der Waals surface area contributed by atoms with Crippen LogP contribution in [-0.2, 0) is 0 Å². The number of rotatable bonds is 4. The molecule has 0 saturated heterocycles. The summed E-state index contributed by atoms with van der Waals surface area (Å²) >= 11 is 7.48. The summed E-state index contributed by atoms with van der Waals surface area (Å²) in [4.78, 5) is 10.4. The maximum atomic E-state index is 9.83. The maximum Gasteiger partial charge on any atom is 0.221 e. The van der Waals surface area contributed by atoms with E-state index >= 15 is 0 Å². The van der Waals surface area contributed by atoms with Gasteiger partial charge in [0, 0.05) is 22.2 Å². The van der Waals surface area contributed by atoms with Gasteiger partial charge in [-0.1, -0.05) is 23.4 Å². The van der Waals surface area contributed by atoms with Gasteiger partial charge in [-0.05, 0) is 49.9 Å². The topological polar surface area (TPSA) is 84.1 Å². The molecule has 7 heteroatoms. The maximum absolute atomic E-state index is 9.83. The Labute approximate surface area is 144 Å². The first kappa shape index (κ1) is 16.4. The van der Waals surface area contributed by atoms with Crippen molar-refractivity contribution in [1.82, 2.24) is 9.97 Å². The zero-order valence-corrected chi connectivity index (χ0v) is 14.1. The molecule has 1 saturated carbocycles. The van der Waals surface area contributed by atoms with Crippen LogP contribution in [0.15, 0.2) is 40.3 Å². The highest BCUT2D eigenvalue weighted by Crippen LogP contribution is 2.34. The molecule has 1 aliphatic rings. The summed E-state index contributed by atoms with van der Waals surface area (Å²) in [5, 5.41) is 13.9. The van der Waals surface area contributed by atoms with Gasteiger partial charge in [-0.15, -0.1) is 0 Å². The lowest BCUT2D eigenvalue weighted by Gasteiger charge is -2.27. The predicted molar refractivity (Wildman–Crippen MR) is 93.9 cm³/mol. The summed E-state index contributed by atoms with van der Waals surface area (Å²) < 4.78 is 0. The van der Waals surface area contributed by atoms with Gasteiger partial charge >= 0.3 is 0 Å². The average molecular weight is 351 g/mol. The number of aliphatic hydroxyl groups is 1. The van der Waals surface area contributed by atoms with Crippen LogP contribution in [0.5, 0.6) is 0 Å². The number of nitrogen functional groups attached to an aromatic ring is 1. The van der Waals surface area contributed by atoms with Gasteiger partial charge in [-0.2, -0.15) is 4.98 Å². The Bertz CT molecular complexity index is 668. The highest BCUT2D eigenvalue weighted by atomic mass is 35.5. The summed E-state index contributed by atoms with van der Waals surface area (Å²) in [6.45, 7) is 0. The molecule has 0 radical (unpaired) electrons. The van der Waals surface area contributed by atoms with Crippen molar-refractivity contribution in [3.05, 3.63) is 35.5 Å². The van der Waals surface area contributed by atoms with Gasteiger partial charge in [-0.25, -0.2) is 4.98 Å². The molecule has 0 bridgehead atoms. The van der Waals surface area contributed by atoms with Gasteiger partial charge < -0.3 is 16.2 Å². The number of hydrogen-bond acceptors (Lipinski definition) is 6. The molecule has 2 aromatic rings. The molecule has 1 aromatic carbocycles. The van der Waals surface area contributed by atoms with Crippen molar-refractivity contribution in [1.29, 1.82) is 0 Å². The van der Waals surface area contributed by atoms with Crippen molar-refractivity contribution in [2.45, 2.75) is 47.6 Å². The monoisotopic (exact) mass is 350 g/mol. The van der Waals surface area contributed by atoms with Gasteiger partial charge in [-0.3, -0.25) is 0 Å². The van der Waals surface area contributed by atoms with Crippen molar-refractivity contribution in [3.63, 3.8) is 0 Å². The van der Waals surface area contributed by atoms with Crippen LogP contribution in [0.25, 0.3) is 0 Å². The van der Waals surface area contributed by atoms with Crippen molar-refractivity contribution in [2.75, 3.05) is 11.1 Å². The second-order valence-corrected chi connectivity index (χ2v) is 7.21. The fourth-order valence-corrected chi connectivity index (χ4v) is 3.64. The van der Waals surface area contributed by atoms with E-state index in [0.717, 1.165) is 41.3 Å².